The standard InChI is InChI=1S/C13H20O3/c1-6-7-16-11(14)10-9(13(10,4)5)8-12(2,3)15/h6,15H,1,7-8H2,2-5H3. The van der Waals surface area contributed by atoms with Gasteiger partial charge in [-0.1, -0.05) is 26.5 Å². The Bertz CT molecular complexity index is 343. The molecular formula is C13H20O3. The van der Waals surface area contributed by atoms with Crippen molar-refractivity contribution in [3.63, 3.8) is 0 Å². The van der Waals surface area contributed by atoms with Crippen LogP contribution in [0.25, 0.3) is 0 Å². The summed E-state index contributed by atoms with van der Waals surface area (Å²) in [5.41, 5.74) is 0.691. The van der Waals surface area contributed by atoms with Gasteiger partial charge in [0.2, 0.25) is 0 Å². The van der Waals surface area contributed by atoms with Gasteiger partial charge in [-0.2, -0.15) is 0 Å². The molecule has 0 amide bonds. The summed E-state index contributed by atoms with van der Waals surface area (Å²) in [7, 11) is 0. The molecule has 0 saturated heterocycles. The third-order valence-corrected chi connectivity index (χ3v) is 2.76. The summed E-state index contributed by atoms with van der Waals surface area (Å²) in [5, 5.41) is 9.73. The Morgan fingerprint density at radius 3 is 2.56 bits per heavy atom. The van der Waals surface area contributed by atoms with Crippen molar-refractivity contribution in [3.05, 3.63) is 23.8 Å². The molecule has 0 bridgehead atoms. The van der Waals surface area contributed by atoms with Gasteiger partial charge in [0.05, 0.1) is 5.60 Å². The van der Waals surface area contributed by atoms with Crippen molar-refractivity contribution in [2.75, 3.05) is 6.61 Å². The van der Waals surface area contributed by atoms with Crippen LogP contribution in [0.3, 0.4) is 0 Å². The van der Waals surface area contributed by atoms with Crippen LogP contribution in [0.2, 0.25) is 0 Å². The van der Waals surface area contributed by atoms with Crippen LogP contribution in [-0.2, 0) is 9.53 Å². The van der Waals surface area contributed by atoms with E-state index in [4.69, 9.17) is 4.74 Å². The van der Waals surface area contributed by atoms with Crippen molar-refractivity contribution in [1.82, 2.24) is 0 Å². The summed E-state index contributed by atoms with van der Waals surface area (Å²) < 4.78 is 5.00. The molecule has 3 heteroatoms. The summed E-state index contributed by atoms with van der Waals surface area (Å²) >= 11 is 0. The first-order valence-corrected chi connectivity index (χ1v) is 5.44. The second-order valence-electron chi connectivity index (χ2n) is 5.35. The van der Waals surface area contributed by atoms with E-state index in [1.807, 2.05) is 13.8 Å². The van der Waals surface area contributed by atoms with Crippen molar-refractivity contribution in [1.29, 1.82) is 0 Å². The fraction of sp³-hybridized carbons (Fsp3) is 0.615. The van der Waals surface area contributed by atoms with Gasteiger partial charge < -0.3 is 9.84 Å². The molecule has 0 spiro atoms. The Kier molecular flexibility index (Phi) is 3.29. The van der Waals surface area contributed by atoms with Crippen LogP contribution in [-0.4, -0.2) is 23.3 Å². The molecule has 0 unspecified atom stereocenters. The fourth-order valence-electron chi connectivity index (χ4n) is 1.87. The van der Waals surface area contributed by atoms with Crippen LogP contribution in [0.5, 0.6) is 0 Å². The number of rotatable bonds is 5. The van der Waals surface area contributed by atoms with E-state index in [-0.39, 0.29) is 18.0 Å². The molecule has 0 aliphatic heterocycles. The maximum absolute atomic E-state index is 11.7. The largest absolute Gasteiger partial charge is 0.458 e. The van der Waals surface area contributed by atoms with Crippen LogP contribution < -0.4 is 0 Å². The van der Waals surface area contributed by atoms with Gasteiger partial charge >= 0.3 is 5.97 Å². The molecule has 0 radical (unpaired) electrons. The lowest BCUT2D eigenvalue weighted by Gasteiger charge is -2.16. The zero-order valence-electron chi connectivity index (χ0n) is 10.5. The monoisotopic (exact) mass is 224 g/mol. The highest BCUT2D eigenvalue weighted by molar-refractivity contribution is 5.98. The average Bonchev–Trinajstić information content (AvgIpc) is 2.61. The normalized spacial score (nSPS) is 18.3. The van der Waals surface area contributed by atoms with E-state index in [1.165, 1.54) is 0 Å². The van der Waals surface area contributed by atoms with Crippen molar-refractivity contribution >= 4 is 5.97 Å². The minimum absolute atomic E-state index is 0.224. The molecule has 1 rings (SSSR count). The lowest BCUT2D eigenvalue weighted by molar-refractivity contribution is -0.137. The SMILES string of the molecule is C=CCOC(=O)C1=C(CC(C)(C)O)C1(C)C. The van der Waals surface area contributed by atoms with E-state index in [0.29, 0.717) is 12.0 Å². The highest BCUT2D eigenvalue weighted by atomic mass is 16.5. The van der Waals surface area contributed by atoms with Gasteiger partial charge in [0, 0.05) is 11.0 Å². The second kappa shape index (κ2) is 4.06. The quantitative estimate of drug-likeness (QED) is 0.575. The van der Waals surface area contributed by atoms with Crippen molar-refractivity contribution in [3.8, 4) is 0 Å². The van der Waals surface area contributed by atoms with Crippen LogP contribution in [0.1, 0.15) is 34.1 Å². The van der Waals surface area contributed by atoms with E-state index in [0.717, 1.165) is 5.57 Å². The summed E-state index contributed by atoms with van der Waals surface area (Å²) in [6, 6.07) is 0. The molecule has 0 aromatic rings. The predicted octanol–water partition coefficient (Wildman–Crippen LogP) is 2.21. The molecule has 1 aliphatic rings. The molecule has 0 fully saturated rings. The van der Waals surface area contributed by atoms with Crippen molar-refractivity contribution in [2.24, 2.45) is 5.41 Å². The first-order chi connectivity index (χ1) is 7.20. The Labute approximate surface area is 96.8 Å². The highest BCUT2D eigenvalue weighted by Gasteiger charge is 2.50. The van der Waals surface area contributed by atoms with E-state index >= 15 is 0 Å². The average molecular weight is 224 g/mol. The van der Waals surface area contributed by atoms with Gasteiger partial charge in [0.25, 0.3) is 0 Å². The molecule has 0 atom stereocenters. The number of ether oxygens (including phenoxy) is 1. The molecule has 0 saturated carbocycles. The number of carbonyl (C=O) groups is 1. The van der Waals surface area contributed by atoms with Crippen molar-refractivity contribution in [2.45, 2.75) is 39.7 Å². The van der Waals surface area contributed by atoms with Crippen LogP contribution in [0.15, 0.2) is 23.8 Å². The van der Waals surface area contributed by atoms with E-state index in [9.17, 15) is 9.90 Å². The molecule has 0 heterocycles. The van der Waals surface area contributed by atoms with Crippen LogP contribution >= 0.6 is 0 Å². The molecule has 0 aromatic carbocycles. The molecule has 1 N–H and O–H groups in total. The first-order valence-electron chi connectivity index (χ1n) is 5.44. The third-order valence-electron chi connectivity index (χ3n) is 2.76. The summed E-state index contributed by atoms with van der Waals surface area (Å²) in [5.74, 6) is -0.288. The second-order valence-corrected chi connectivity index (χ2v) is 5.35. The smallest absolute Gasteiger partial charge is 0.335 e. The third kappa shape index (κ3) is 2.73. The topological polar surface area (TPSA) is 46.5 Å². The van der Waals surface area contributed by atoms with E-state index in [2.05, 4.69) is 6.58 Å². The number of esters is 1. The number of hydrogen-bond acceptors (Lipinski definition) is 3. The summed E-state index contributed by atoms with van der Waals surface area (Å²) in [4.78, 5) is 11.7. The molecular weight excluding hydrogens is 204 g/mol. The number of aliphatic hydroxyl groups is 1. The summed E-state index contributed by atoms with van der Waals surface area (Å²) in [6.07, 6.45) is 2.06. The van der Waals surface area contributed by atoms with Gasteiger partial charge in [-0.3, -0.25) is 0 Å². The zero-order valence-corrected chi connectivity index (χ0v) is 10.5. The first kappa shape index (κ1) is 13.0. The molecule has 16 heavy (non-hydrogen) atoms. The van der Waals surface area contributed by atoms with Crippen LogP contribution in [0, 0.1) is 5.41 Å². The Morgan fingerprint density at radius 2 is 2.12 bits per heavy atom. The lowest BCUT2D eigenvalue weighted by atomic mass is 9.96. The minimum Gasteiger partial charge on any atom is -0.458 e. The van der Waals surface area contributed by atoms with E-state index in [1.54, 1.807) is 19.9 Å². The van der Waals surface area contributed by atoms with Gasteiger partial charge in [0.1, 0.15) is 6.61 Å². The number of carbonyl (C=O) groups excluding carboxylic acids is 1. The minimum atomic E-state index is -0.785. The Morgan fingerprint density at radius 1 is 1.56 bits per heavy atom. The van der Waals surface area contributed by atoms with Gasteiger partial charge in [-0.05, 0) is 25.8 Å². The van der Waals surface area contributed by atoms with Crippen molar-refractivity contribution < 1.29 is 14.6 Å². The number of hydrogen-bond donors (Lipinski definition) is 1. The molecule has 0 aromatic heterocycles. The van der Waals surface area contributed by atoms with Crippen LogP contribution in [0.4, 0.5) is 0 Å². The van der Waals surface area contributed by atoms with E-state index < -0.39 is 5.60 Å². The zero-order chi connectivity index (χ0) is 12.6. The Hall–Kier alpha value is -1.09. The molecule has 90 valence electrons. The van der Waals surface area contributed by atoms with Gasteiger partial charge in [-0.25, -0.2) is 4.79 Å². The fourth-order valence-corrected chi connectivity index (χ4v) is 1.87. The molecule has 1 aliphatic carbocycles. The van der Waals surface area contributed by atoms with Gasteiger partial charge in [-0.15, -0.1) is 0 Å². The van der Waals surface area contributed by atoms with Gasteiger partial charge in [0.15, 0.2) is 0 Å². The predicted molar refractivity (Wildman–Crippen MR) is 62.9 cm³/mol. The highest BCUT2D eigenvalue weighted by Crippen LogP contribution is 2.55. The molecule has 3 nitrogen and oxygen atoms in total. The Balaban J connectivity index is 2.71. The maximum atomic E-state index is 11.7. The summed E-state index contributed by atoms with van der Waals surface area (Å²) in [6.45, 7) is 11.1. The lowest BCUT2D eigenvalue weighted by Crippen LogP contribution is -2.18. The maximum Gasteiger partial charge on any atom is 0.335 e.